The summed E-state index contributed by atoms with van der Waals surface area (Å²) in [5, 5.41) is 9.19. The van der Waals surface area contributed by atoms with E-state index in [0.717, 1.165) is 10.0 Å². The lowest BCUT2D eigenvalue weighted by molar-refractivity contribution is 0.0696. The topological polar surface area (TPSA) is 46.5 Å². The van der Waals surface area contributed by atoms with Crippen molar-refractivity contribution in [3.8, 4) is 5.75 Å². The molecule has 2 rings (SSSR count). The Morgan fingerprint density at radius 1 is 1.20 bits per heavy atom. The van der Waals surface area contributed by atoms with Gasteiger partial charge in [-0.3, -0.25) is 0 Å². The van der Waals surface area contributed by atoms with E-state index in [1.54, 1.807) is 0 Å². The number of carboxylic acid groups (broad SMARTS) is 1. The molecule has 0 aliphatic heterocycles. The standard InChI is InChI=1S/C14H9Br2ClO3/c15-10-3-1-8(2-4-10)7-20-13-11(16)5-9(14(18)19)6-12(13)17/h1-6H,7H2,(H,18,19). The van der Waals surface area contributed by atoms with Crippen LogP contribution in [0.15, 0.2) is 45.3 Å². The Balaban J connectivity index is 2.17. The first kappa shape index (κ1) is 15.4. The van der Waals surface area contributed by atoms with E-state index in [2.05, 4.69) is 31.9 Å². The van der Waals surface area contributed by atoms with Crippen molar-refractivity contribution in [1.29, 1.82) is 0 Å². The lowest BCUT2D eigenvalue weighted by Crippen LogP contribution is -2.00. The largest absolute Gasteiger partial charge is 0.486 e. The molecule has 0 aliphatic carbocycles. The van der Waals surface area contributed by atoms with Gasteiger partial charge in [0.1, 0.15) is 6.61 Å². The minimum Gasteiger partial charge on any atom is -0.486 e. The molecule has 2 aromatic rings. The number of carbonyl (C=O) groups is 1. The summed E-state index contributed by atoms with van der Waals surface area (Å²) >= 11 is 12.7. The molecule has 1 N–H and O–H groups in total. The maximum Gasteiger partial charge on any atom is 0.335 e. The van der Waals surface area contributed by atoms with Gasteiger partial charge in [-0.1, -0.05) is 39.7 Å². The van der Waals surface area contributed by atoms with Crippen LogP contribution in [0, 0.1) is 0 Å². The number of hydrogen-bond acceptors (Lipinski definition) is 2. The van der Waals surface area contributed by atoms with Crippen molar-refractivity contribution in [1.82, 2.24) is 0 Å². The van der Waals surface area contributed by atoms with Crippen molar-refractivity contribution in [3.63, 3.8) is 0 Å². The molecule has 0 heterocycles. The van der Waals surface area contributed by atoms with Gasteiger partial charge in [0.15, 0.2) is 5.75 Å². The van der Waals surface area contributed by atoms with Gasteiger partial charge in [-0.05, 0) is 45.8 Å². The van der Waals surface area contributed by atoms with Crippen LogP contribution in [0.5, 0.6) is 5.75 Å². The number of hydrogen-bond donors (Lipinski definition) is 1. The molecule has 0 saturated carbocycles. The first-order chi connectivity index (χ1) is 9.47. The van der Waals surface area contributed by atoms with Crippen molar-refractivity contribution in [2.24, 2.45) is 0 Å². The SMILES string of the molecule is O=C(O)c1cc(Cl)c(OCc2ccc(Br)cc2)c(Br)c1. The predicted molar refractivity (Wildman–Crippen MR) is 84.6 cm³/mol. The summed E-state index contributed by atoms with van der Waals surface area (Å²) in [4.78, 5) is 10.9. The first-order valence-electron chi connectivity index (χ1n) is 5.57. The zero-order valence-corrected chi connectivity index (χ0v) is 14.0. The molecule has 0 aromatic heterocycles. The Hall–Kier alpha value is -1.04. The molecule has 3 nitrogen and oxygen atoms in total. The van der Waals surface area contributed by atoms with Crippen LogP contribution in [0.2, 0.25) is 5.02 Å². The van der Waals surface area contributed by atoms with E-state index in [9.17, 15) is 4.79 Å². The monoisotopic (exact) mass is 418 g/mol. The second kappa shape index (κ2) is 6.61. The molecule has 0 amide bonds. The van der Waals surface area contributed by atoms with Crippen LogP contribution >= 0.6 is 43.5 Å². The predicted octanol–water partition coefficient (Wildman–Crippen LogP) is 5.14. The normalized spacial score (nSPS) is 10.3. The molecule has 104 valence electrons. The van der Waals surface area contributed by atoms with Gasteiger partial charge in [-0.15, -0.1) is 0 Å². The van der Waals surface area contributed by atoms with E-state index in [4.69, 9.17) is 21.4 Å². The zero-order chi connectivity index (χ0) is 14.7. The van der Waals surface area contributed by atoms with Gasteiger partial charge >= 0.3 is 5.97 Å². The molecule has 6 heteroatoms. The fourth-order valence-electron chi connectivity index (χ4n) is 1.56. The molecule has 0 saturated heterocycles. The van der Waals surface area contributed by atoms with Crippen molar-refractivity contribution >= 4 is 49.4 Å². The van der Waals surface area contributed by atoms with Crippen LogP contribution < -0.4 is 4.74 Å². The van der Waals surface area contributed by atoms with Gasteiger partial charge in [-0.25, -0.2) is 4.79 Å². The number of rotatable bonds is 4. The summed E-state index contributed by atoms with van der Waals surface area (Å²) in [6.07, 6.45) is 0. The van der Waals surface area contributed by atoms with Gasteiger partial charge in [0.05, 0.1) is 15.1 Å². The lowest BCUT2D eigenvalue weighted by Gasteiger charge is -2.11. The summed E-state index contributed by atoms with van der Waals surface area (Å²) in [5.74, 6) is -0.605. The van der Waals surface area contributed by atoms with E-state index >= 15 is 0 Å². The number of ether oxygens (including phenoxy) is 1. The summed E-state index contributed by atoms with van der Waals surface area (Å²) < 4.78 is 7.15. The van der Waals surface area contributed by atoms with E-state index in [-0.39, 0.29) is 10.6 Å². The summed E-state index contributed by atoms with van der Waals surface area (Å²) in [7, 11) is 0. The molecule has 0 bridgehead atoms. The molecule has 0 atom stereocenters. The van der Waals surface area contributed by atoms with E-state index < -0.39 is 5.97 Å². The highest BCUT2D eigenvalue weighted by Gasteiger charge is 2.13. The Labute approximate surface area is 137 Å². The third-order valence-corrected chi connectivity index (χ3v) is 3.94. The van der Waals surface area contributed by atoms with Crippen LogP contribution in [-0.4, -0.2) is 11.1 Å². The highest BCUT2D eigenvalue weighted by atomic mass is 79.9. The van der Waals surface area contributed by atoms with E-state index in [0.29, 0.717) is 16.8 Å². The molecule has 20 heavy (non-hydrogen) atoms. The van der Waals surface area contributed by atoms with Gasteiger partial charge < -0.3 is 9.84 Å². The minimum atomic E-state index is -1.04. The highest BCUT2D eigenvalue weighted by Crippen LogP contribution is 2.35. The molecule has 2 aromatic carbocycles. The molecular formula is C14H9Br2ClO3. The number of halogens is 3. The van der Waals surface area contributed by atoms with Crippen molar-refractivity contribution in [2.75, 3.05) is 0 Å². The van der Waals surface area contributed by atoms with Crippen LogP contribution in [0.25, 0.3) is 0 Å². The van der Waals surface area contributed by atoms with Crippen LogP contribution in [0.3, 0.4) is 0 Å². The fourth-order valence-corrected chi connectivity index (χ4v) is 2.78. The average molecular weight is 420 g/mol. The second-order valence-corrected chi connectivity index (χ2v) is 6.17. The Morgan fingerprint density at radius 2 is 1.85 bits per heavy atom. The minimum absolute atomic E-state index is 0.109. The average Bonchev–Trinajstić information content (AvgIpc) is 2.39. The summed E-state index contributed by atoms with van der Waals surface area (Å²) in [5.41, 5.74) is 1.09. The maximum absolute atomic E-state index is 10.9. The Morgan fingerprint density at radius 3 is 2.40 bits per heavy atom. The van der Waals surface area contributed by atoms with Crippen molar-refractivity contribution in [3.05, 3.63) is 61.5 Å². The molecule has 0 fully saturated rings. The Kier molecular flexibility index (Phi) is 5.07. The fraction of sp³-hybridized carbons (Fsp3) is 0.0714. The summed E-state index contributed by atoms with van der Waals surface area (Å²) in [6, 6.07) is 10.5. The molecule has 0 radical (unpaired) electrons. The van der Waals surface area contributed by atoms with Crippen molar-refractivity contribution < 1.29 is 14.6 Å². The van der Waals surface area contributed by atoms with Gasteiger partial charge in [0.25, 0.3) is 0 Å². The van der Waals surface area contributed by atoms with Gasteiger partial charge in [0.2, 0.25) is 0 Å². The molecule has 0 spiro atoms. The maximum atomic E-state index is 10.9. The number of benzene rings is 2. The Bertz CT molecular complexity index is 618. The van der Waals surface area contributed by atoms with Crippen LogP contribution in [0.4, 0.5) is 0 Å². The molecular weight excluding hydrogens is 411 g/mol. The highest BCUT2D eigenvalue weighted by molar-refractivity contribution is 9.10. The third kappa shape index (κ3) is 3.75. The van der Waals surface area contributed by atoms with Crippen molar-refractivity contribution in [2.45, 2.75) is 6.61 Å². The van der Waals surface area contributed by atoms with E-state index in [1.807, 2.05) is 24.3 Å². The quantitative estimate of drug-likeness (QED) is 0.745. The van der Waals surface area contributed by atoms with Gasteiger partial charge in [0, 0.05) is 4.47 Å². The molecule has 0 unspecified atom stereocenters. The van der Waals surface area contributed by atoms with E-state index in [1.165, 1.54) is 12.1 Å². The van der Waals surface area contributed by atoms with Crippen LogP contribution in [0.1, 0.15) is 15.9 Å². The third-order valence-electron chi connectivity index (χ3n) is 2.54. The lowest BCUT2D eigenvalue weighted by atomic mass is 10.2. The number of aromatic carboxylic acids is 1. The molecule has 0 aliphatic rings. The first-order valence-corrected chi connectivity index (χ1v) is 7.53. The van der Waals surface area contributed by atoms with Crippen LogP contribution in [-0.2, 0) is 6.61 Å². The summed E-state index contributed by atoms with van der Waals surface area (Å²) in [6.45, 7) is 0.345. The van der Waals surface area contributed by atoms with Gasteiger partial charge in [-0.2, -0.15) is 0 Å². The number of carboxylic acids is 1. The smallest absolute Gasteiger partial charge is 0.335 e. The second-order valence-electron chi connectivity index (χ2n) is 3.99. The zero-order valence-electron chi connectivity index (χ0n) is 10.1.